The van der Waals surface area contributed by atoms with E-state index in [-0.39, 0.29) is 0 Å². The van der Waals surface area contributed by atoms with Crippen LogP contribution in [0.2, 0.25) is 0 Å². The van der Waals surface area contributed by atoms with Crippen molar-refractivity contribution in [3.8, 4) is 5.75 Å². The van der Waals surface area contributed by atoms with Crippen molar-refractivity contribution in [2.75, 3.05) is 7.11 Å². The van der Waals surface area contributed by atoms with Crippen molar-refractivity contribution in [1.82, 2.24) is 4.98 Å². The van der Waals surface area contributed by atoms with Crippen molar-refractivity contribution in [3.05, 3.63) is 60.0 Å². The average Bonchev–Trinajstić information content (AvgIpc) is 3.00. The molecule has 1 atom stereocenters. The minimum absolute atomic E-state index is 0.334. The van der Waals surface area contributed by atoms with Crippen molar-refractivity contribution in [3.63, 3.8) is 0 Å². The molecule has 0 bridgehead atoms. The Morgan fingerprint density at radius 1 is 1.14 bits per heavy atom. The van der Waals surface area contributed by atoms with Crippen LogP contribution >= 0.6 is 0 Å². The molecule has 0 amide bonds. The van der Waals surface area contributed by atoms with Gasteiger partial charge in [-0.05, 0) is 36.2 Å². The van der Waals surface area contributed by atoms with Gasteiger partial charge < -0.3 is 14.3 Å². The fourth-order valence-electron chi connectivity index (χ4n) is 2.65. The number of methoxy groups -OCH3 is 1. The fourth-order valence-corrected chi connectivity index (χ4v) is 2.65. The number of fused-ring (bicyclic) bond motifs is 1. The number of rotatable bonds is 5. The molecule has 0 aliphatic carbocycles. The molecule has 0 saturated heterocycles. The Labute approximate surface area is 129 Å². The number of aromatic nitrogens is 1. The summed E-state index contributed by atoms with van der Waals surface area (Å²) in [5.41, 5.74) is 0.947. The Bertz CT molecular complexity index is 730. The van der Waals surface area contributed by atoms with Crippen molar-refractivity contribution in [2.24, 2.45) is 0 Å². The first-order valence-electron chi connectivity index (χ1n) is 7.40. The molecule has 0 saturated carbocycles. The third kappa shape index (κ3) is 2.46. The first-order valence-corrected chi connectivity index (χ1v) is 7.40. The summed E-state index contributed by atoms with van der Waals surface area (Å²) in [5, 5.41) is 11.2. The Hall–Kier alpha value is -2.33. The van der Waals surface area contributed by atoms with Crippen LogP contribution in [0.15, 0.2) is 52.9 Å². The molecule has 22 heavy (non-hydrogen) atoms. The van der Waals surface area contributed by atoms with E-state index in [0.29, 0.717) is 17.9 Å². The lowest BCUT2D eigenvalue weighted by molar-refractivity contribution is 0.0430. The summed E-state index contributed by atoms with van der Waals surface area (Å²) in [6.45, 7) is 2.02. The zero-order chi connectivity index (χ0) is 15.6. The lowest BCUT2D eigenvalue weighted by atomic mass is 9.89. The van der Waals surface area contributed by atoms with E-state index < -0.39 is 5.60 Å². The van der Waals surface area contributed by atoms with Crippen LogP contribution in [0, 0.1) is 0 Å². The van der Waals surface area contributed by atoms with Crippen molar-refractivity contribution in [2.45, 2.75) is 25.4 Å². The molecule has 4 nitrogen and oxygen atoms in total. The molecule has 114 valence electrons. The molecule has 1 heterocycles. The van der Waals surface area contributed by atoms with Gasteiger partial charge >= 0.3 is 0 Å². The Morgan fingerprint density at radius 3 is 2.50 bits per heavy atom. The first kappa shape index (κ1) is 14.6. The molecular formula is C18H19NO3. The maximum Gasteiger partial charge on any atom is 0.232 e. The van der Waals surface area contributed by atoms with Crippen LogP contribution in [0.4, 0.5) is 0 Å². The molecule has 1 aromatic heterocycles. The minimum Gasteiger partial charge on any atom is -0.497 e. The molecule has 0 spiro atoms. The summed E-state index contributed by atoms with van der Waals surface area (Å²) < 4.78 is 11.0. The number of nitrogens with zero attached hydrogens (tertiary/aromatic N) is 1. The van der Waals surface area contributed by atoms with Gasteiger partial charge in [0.1, 0.15) is 11.3 Å². The Morgan fingerprint density at radius 2 is 1.86 bits per heavy atom. The second-order valence-electron chi connectivity index (χ2n) is 5.33. The summed E-state index contributed by atoms with van der Waals surface area (Å²) in [5.74, 6) is 1.08. The highest BCUT2D eigenvalue weighted by Crippen LogP contribution is 2.35. The number of hydrogen-bond acceptors (Lipinski definition) is 4. The van der Waals surface area contributed by atoms with Gasteiger partial charge in [-0.3, -0.25) is 0 Å². The molecule has 0 aliphatic rings. The maximum absolute atomic E-state index is 11.2. The molecule has 3 aromatic rings. The number of ether oxygens (including phenoxy) is 1. The minimum atomic E-state index is -1.24. The van der Waals surface area contributed by atoms with Gasteiger partial charge in [0, 0.05) is 0 Å². The molecule has 3 rings (SSSR count). The number of oxazole rings is 1. The van der Waals surface area contributed by atoms with E-state index >= 15 is 0 Å². The molecule has 2 aromatic carbocycles. The second kappa shape index (κ2) is 5.81. The van der Waals surface area contributed by atoms with E-state index in [1.165, 1.54) is 0 Å². The zero-order valence-electron chi connectivity index (χ0n) is 12.7. The highest BCUT2D eigenvalue weighted by molar-refractivity contribution is 5.72. The van der Waals surface area contributed by atoms with Gasteiger partial charge in [-0.25, -0.2) is 4.98 Å². The zero-order valence-corrected chi connectivity index (χ0v) is 12.7. The maximum atomic E-state index is 11.2. The van der Waals surface area contributed by atoms with Crippen LogP contribution in [-0.2, 0) is 5.60 Å². The summed E-state index contributed by atoms with van der Waals surface area (Å²) in [4.78, 5) is 4.47. The predicted octanol–water partition coefficient (Wildman–Crippen LogP) is 3.87. The summed E-state index contributed by atoms with van der Waals surface area (Å²) in [6, 6.07) is 14.9. The van der Waals surface area contributed by atoms with Gasteiger partial charge in [0.2, 0.25) is 5.89 Å². The summed E-state index contributed by atoms with van der Waals surface area (Å²) in [7, 11) is 1.62. The van der Waals surface area contributed by atoms with E-state index in [1.54, 1.807) is 7.11 Å². The lowest BCUT2D eigenvalue weighted by Crippen LogP contribution is -2.27. The van der Waals surface area contributed by atoms with E-state index in [4.69, 9.17) is 9.15 Å². The number of aliphatic hydroxyl groups is 1. The van der Waals surface area contributed by atoms with Gasteiger partial charge in [0.15, 0.2) is 11.2 Å². The Balaban J connectivity index is 2.09. The largest absolute Gasteiger partial charge is 0.497 e. The van der Waals surface area contributed by atoms with Gasteiger partial charge in [-0.1, -0.05) is 37.6 Å². The molecule has 0 radical (unpaired) electrons. The normalized spacial score (nSPS) is 14.0. The van der Waals surface area contributed by atoms with Crippen LogP contribution in [0.25, 0.3) is 11.1 Å². The Kier molecular flexibility index (Phi) is 3.86. The van der Waals surface area contributed by atoms with Crippen LogP contribution in [0.1, 0.15) is 31.2 Å². The topological polar surface area (TPSA) is 55.5 Å². The summed E-state index contributed by atoms with van der Waals surface area (Å²) >= 11 is 0. The van der Waals surface area contributed by atoms with Gasteiger partial charge in [0.25, 0.3) is 0 Å². The molecule has 1 N–H and O–H groups in total. The third-order valence-electron chi connectivity index (χ3n) is 3.83. The quantitative estimate of drug-likeness (QED) is 0.776. The van der Waals surface area contributed by atoms with Crippen molar-refractivity contribution < 1.29 is 14.3 Å². The summed E-state index contributed by atoms with van der Waals surface area (Å²) in [6.07, 6.45) is 1.34. The molecule has 0 fully saturated rings. The molecule has 4 heteroatoms. The van der Waals surface area contributed by atoms with Crippen LogP contribution in [-0.4, -0.2) is 17.2 Å². The molecular weight excluding hydrogens is 278 g/mol. The standard InChI is InChI=1S/C18H19NO3/c1-3-12-18(20,13-8-10-14(21-2)11-9-13)17-19-15-6-4-5-7-16(15)22-17/h4-11,20H,3,12H2,1-2H3. The number of benzene rings is 2. The van der Waals surface area contributed by atoms with Crippen molar-refractivity contribution in [1.29, 1.82) is 0 Å². The SMILES string of the molecule is CCCC(O)(c1ccc(OC)cc1)c1nc2ccccc2o1. The van der Waals surface area contributed by atoms with Gasteiger partial charge in [0.05, 0.1) is 7.11 Å². The fraction of sp³-hybridized carbons (Fsp3) is 0.278. The van der Waals surface area contributed by atoms with E-state index in [0.717, 1.165) is 23.3 Å². The van der Waals surface area contributed by atoms with E-state index in [1.807, 2.05) is 55.5 Å². The second-order valence-corrected chi connectivity index (χ2v) is 5.33. The lowest BCUT2D eigenvalue weighted by Gasteiger charge is -2.25. The molecule has 0 aliphatic heterocycles. The van der Waals surface area contributed by atoms with Crippen LogP contribution < -0.4 is 4.74 Å². The molecule has 1 unspecified atom stereocenters. The predicted molar refractivity (Wildman–Crippen MR) is 84.9 cm³/mol. The third-order valence-corrected chi connectivity index (χ3v) is 3.83. The first-order chi connectivity index (χ1) is 10.7. The van der Waals surface area contributed by atoms with Gasteiger partial charge in [-0.2, -0.15) is 0 Å². The van der Waals surface area contributed by atoms with Crippen LogP contribution in [0.5, 0.6) is 5.75 Å². The number of hydrogen-bond donors (Lipinski definition) is 1. The van der Waals surface area contributed by atoms with Gasteiger partial charge in [-0.15, -0.1) is 0 Å². The average molecular weight is 297 g/mol. The van der Waals surface area contributed by atoms with E-state index in [9.17, 15) is 5.11 Å². The van der Waals surface area contributed by atoms with E-state index in [2.05, 4.69) is 4.98 Å². The van der Waals surface area contributed by atoms with Crippen LogP contribution in [0.3, 0.4) is 0 Å². The smallest absolute Gasteiger partial charge is 0.232 e. The monoisotopic (exact) mass is 297 g/mol. The van der Waals surface area contributed by atoms with Crippen molar-refractivity contribution >= 4 is 11.1 Å². The highest BCUT2D eigenvalue weighted by atomic mass is 16.5. The number of para-hydroxylation sites is 2. The highest BCUT2D eigenvalue weighted by Gasteiger charge is 2.36.